The Bertz CT molecular complexity index is 901. The first-order valence-corrected chi connectivity index (χ1v) is 10.6. The van der Waals surface area contributed by atoms with Crippen LogP contribution in [0.1, 0.15) is 26.2 Å². The quantitative estimate of drug-likeness (QED) is 0.339. The van der Waals surface area contributed by atoms with Crippen molar-refractivity contribution in [3.05, 3.63) is 47.5 Å². The van der Waals surface area contributed by atoms with E-state index in [-0.39, 0.29) is 16.6 Å². The summed E-state index contributed by atoms with van der Waals surface area (Å²) in [5.41, 5.74) is 6.41. The van der Waals surface area contributed by atoms with Crippen molar-refractivity contribution < 1.29 is 22.7 Å². The van der Waals surface area contributed by atoms with Gasteiger partial charge >= 0.3 is 5.97 Å². The van der Waals surface area contributed by atoms with Gasteiger partial charge in [0, 0.05) is 17.1 Å². The molecule has 0 fully saturated rings. The summed E-state index contributed by atoms with van der Waals surface area (Å²) in [5, 5.41) is 0.440. The third-order valence-electron chi connectivity index (χ3n) is 3.71. The van der Waals surface area contributed by atoms with Crippen molar-refractivity contribution in [2.24, 2.45) is 0 Å². The van der Waals surface area contributed by atoms with Gasteiger partial charge in [-0.2, -0.15) is 0 Å². The minimum atomic E-state index is -3.83. The van der Waals surface area contributed by atoms with Crippen LogP contribution in [0.25, 0.3) is 0 Å². The molecule has 0 spiro atoms. The Morgan fingerprint density at radius 3 is 2.54 bits per heavy atom. The van der Waals surface area contributed by atoms with Gasteiger partial charge in [-0.05, 0) is 62.2 Å². The summed E-state index contributed by atoms with van der Waals surface area (Å²) in [6.45, 7) is 2.44. The number of nitrogens with one attached hydrogen (secondary N) is 1. The average molecular weight is 427 g/mol. The number of hydrogen-bond donors (Lipinski definition) is 2. The second kappa shape index (κ2) is 10.2. The molecular weight excluding hydrogens is 404 g/mol. The van der Waals surface area contributed by atoms with Crippen LogP contribution in [0.15, 0.2) is 47.4 Å². The number of unbranched alkanes of at least 4 members (excludes halogenated alkanes) is 1. The molecule has 3 N–H and O–H groups in total. The molecule has 0 amide bonds. The Hall–Kier alpha value is -2.45. The van der Waals surface area contributed by atoms with Gasteiger partial charge in [0.15, 0.2) is 0 Å². The van der Waals surface area contributed by atoms with Crippen molar-refractivity contribution in [1.29, 1.82) is 0 Å². The highest BCUT2D eigenvalue weighted by molar-refractivity contribution is 7.92. The Balaban J connectivity index is 2.02. The van der Waals surface area contributed by atoms with E-state index in [9.17, 15) is 13.2 Å². The summed E-state index contributed by atoms with van der Waals surface area (Å²) >= 11 is 5.81. The molecule has 0 saturated heterocycles. The minimum absolute atomic E-state index is 0.0692. The van der Waals surface area contributed by atoms with Gasteiger partial charge in [-0.25, -0.2) is 8.42 Å². The van der Waals surface area contributed by atoms with Crippen LogP contribution >= 0.6 is 11.6 Å². The molecule has 28 heavy (non-hydrogen) atoms. The van der Waals surface area contributed by atoms with E-state index in [1.54, 1.807) is 19.1 Å². The molecular formula is C19H23ClN2O5S. The third-order valence-corrected chi connectivity index (χ3v) is 5.34. The van der Waals surface area contributed by atoms with E-state index in [1.165, 1.54) is 30.3 Å². The lowest BCUT2D eigenvalue weighted by molar-refractivity contribution is -0.143. The van der Waals surface area contributed by atoms with E-state index >= 15 is 0 Å². The molecule has 2 rings (SSSR count). The maximum Gasteiger partial charge on any atom is 0.305 e. The zero-order valence-electron chi connectivity index (χ0n) is 15.5. The molecule has 0 heterocycles. The zero-order chi connectivity index (χ0) is 20.6. The van der Waals surface area contributed by atoms with Crippen LogP contribution < -0.4 is 15.2 Å². The first-order chi connectivity index (χ1) is 13.3. The molecule has 0 aromatic heterocycles. The van der Waals surface area contributed by atoms with Crippen molar-refractivity contribution >= 4 is 39.0 Å². The van der Waals surface area contributed by atoms with Crippen molar-refractivity contribution in [3.8, 4) is 5.75 Å². The van der Waals surface area contributed by atoms with E-state index in [0.717, 1.165) is 0 Å². The SMILES string of the molecule is CCOC(=O)CCCCOc1ccc(N)cc1NS(=O)(=O)c1ccc(Cl)cc1. The number of benzene rings is 2. The van der Waals surface area contributed by atoms with E-state index in [2.05, 4.69) is 4.72 Å². The summed E-state index contributed by atoms with van der Waals surface area (Å²) in [4.78, 5) is 11.4. The van der Waals surface area contributed by atoms with Crippen LogP contribution in [0.5, 0.6) is 5.75 Å². The van der Waals surface area contributed by atoms with E-state index in [0.29, 0.717) is 48.9 Å². The van der Waals surface area contributed by atoms with Crippen LogP contribution in [-0.4, -0.2) is 27.6 Å². The summed E-state index contributed by atoms with van der Waals surface area (Å²) in [5.74, 6) is 0.106. The number of sulfonamides is 1. The average Bonchev–Trinajstić information content (AvgIpc) is 2.63. The Morgan fingerprint density at radius 1 is 1.14 bits per heavy atom. The minimum Gasteiger partial charge on any atom is -0.491 e. The highest BCUT2D eigenvalue weighted by Gasteiger charge is 2.17. The Kier molecular flexibility index (Phi) is 7.95. The fourth-order valence-corrected chi connectivity index (χ4v) is 3.54. The second-order valence-corrected chi connectivity index (χ2v) is 8.04. The molecule has 0 unspecified atom stereocenters. The van der Waals surface area contributed by atoms with Crippen LogP contribution in [0.2, 0.25) is 5.02 Å². The molecule has 9 heteroatoms. The van der Waals surface area contributed by atoms with Crippen LogP contribution in [0.3, 0.4) is 0 Å². The van der Waals surface area contributed by atoms with Crippen molar-refractivity contribution in [2.75, 3.05) is 23.7 Å². The number of carbonyl (C=O) groups is 1. The molecule has 0 aliphatic rings. The number of carbonyl (C=O) groups excluding carboxylic acids is 1. The lowest BCUT2D eigenvalue weighted by Crippen LogP contribution is -2.14. The van der Waals surface area contributed by atoms with E-state index in [1.807, 2.05) is 0 Å². The largest absolute Gasteiger partial charge is 0.491 e. The molecule has 2 aromatic rings. The first kappa shape index (κ1) is 21.8. The molecule has 152 valence electrons. The highest BCUT2D eigenvalue weighted by atomic mass is 35.5. The summed E-state index contributed by atoms with van der Waals surface area (Å²) in [6, 6.07) is 10.5. The molecule has 2 aromatic carbocycles. The standard InChI is InChI=1S/C19H23ClN2O5S/c1-2-26-19(23)5-3-4-12-27-18-11-8-15(21)13-17(18)22-28(24,25)16-9-6-14(20)7-10-16/h6-11,13,22H,2-5,12,21H2,1H3. The molecule has 0 aliphatic carbocycles. The van der Waals surface area contributed by atoms with Crippen LogP contribution in [0, 0.1) is 0 Å². The van der Waals surface area contributed by atoms with E-state index < -0.39 is 10.0 Å². The van der Waals surface area contributed by atoms with Gasteiger partial charge in [0.2, 0.25) is 0 Å². The lowest BCUT2D eigenvalue weighted by atomic mass is 10.2. The van der Waals surface area contributed by atoms with Crippen molar-refractivity contribution in [2.45, 2.75) is 31.1 Å². The van der Waals surface area contributed by atoms with Crippen LogP contribution in [-0.2, 0) is 19.6 Å². The highest BCUT2D eigenvalue weighted by Crippen LogP contribution is 2.29. The molecule has 0 bridgehead atoms. The number of halogens is 1. The number of nitrogens with two attached hydrogens (primary N) is 1. The normalized spacial score (nSPS) is 11.1. The summed E-state index contributed by atoms with van der Waals surface area (Å²) in [7, 11) is -3.83. The van der Waals surface area contributed by atoms with Gasteiger partial charge in [0.25, 0.3) is 10.0 Å². The maximum atomic E-state index is 12.6. The number of ether oxygens (including phenoxy) is 2. The summed E-state index contributed by atoms with van der Waals surface area (Å²) < 4.78 is 38.2. The van der Waals surface area contributed by atoms with Gasteiger partial charge in [0.1, 0.15) is 5.75 Å². The van der Waals surface area contributed by atoms with Gasteiger partial charge < -0.3 is 15.2 Å². The zero-order valence-corrected chi connectivity index (χ0v) is 17.1. The topological polar surface area (TPSA) is 108 Å². The molecule has 0 aliphatic heterocycles. The first-order valence-electron chi connectivity index (χ1n) is 8.78. The predicted octanol–water partition coefficient (Wildman–Crippen LogP) is 3.84. The number of rotatable bonds is 10. The number of hydrogen-bond acceptors (Lipinski definition) is 6. The number of esters is 1. The number of nitrogen functional groups attached to an aromatic ring is 1. The monoisotopic (exact) mass is 426 g/mol. The molecule has 0 atom stereocenters. The Morgan fingerprint density at radius 2 is 1.86 bits per heavy atom. The number of anilines is 2. The fraction of sp³-hybridized carbons (Fsp3) is 0.316. The van der Waals surface area contributed by atoms with E-state index in [4.69, 9.17) is 26.8 Å². The molecule has 7 nitrogen and oxygen atoms in total. The van der Waals surface area contributed by atoms with Crippen molar-refractivity contribution in [1.82, 2.24) is 0 Å². The van der Waals surface area contributed by atoms with Crippen LogP contribution in [0.4, 0.5) is 11.4 Å². The predicted molar refractivity (Wildman–Crippen MR) is 109 cm³/mol. The van der Waals surface area contributed by atoms with Gasteiger partial charge in [-0.1, -0.05) is 11.6 Å². The fourth-order valence-electron chi connectivity index (χ4n) is 2.36. The smallest absolute Gasteiger partial charge is 0.305 e. The Labute approximate surface area is 169 Å². The summed E-state index contributed by atoms with van der Waals surface area (Å²) in [6.07, 6.45) is 1.54. The maximum absolute atomic E-state index is 12.6. The lowest BCUT2D eigenvalue weighted by Gasteiger charge is -2.14. The van der Waals surface area contributed by atoms with Gasteiger partial charge in [-0.3, -0.25) is 9.52 Å². The molecule has 0 saturated carbocycles. The van der Waals surface area contributed by atoms with Crippen molar-refractivity contribution in [3.63, 3.8) is 0 Å². The second-order valence-electron chi connectivity index (χ2n) is 5.93. The van der Waals surface area contributed by atoms with Gasteiger partial charge in [-0.15, -0.1) is 0 Å². The van der Waals surface area contributed by atoms with Gasteiger partial charge in [0.05, 0.1) is 23.8 Å². The third kappa shape index (κ3) is 6.61. The molecule has 0 radical (unpaired) electrons.